The number of pyridine rings is 1. The summed E-state index contributed by atoms with van der Waals surface area (Å²) in [6.07, 6.45) is 1.87. The number of hydrogen-bond donors (Lipinski definition) is 0. The Morgan fingerprint density at radius 1 is 0.615 bits per heavy atom. The monoisotopic (exact) mass is 1030 g/mol. The molecule has 11 aromatic rings. The minimum atomic E-state index is 0. The second-order valence-electron chi connectivity index (χ2n) is 18.5. The fourth-order valence-electron chi connectivity index (χ4n) is 8.97. The van der Waals surface area contributed by atoms with Crippen molar-refractivity contribution >= 4 is 54.9 Å². The summed E-state index contributed by atoms with van der Waals surface area (Å²) in [6, 6.07) is 57.3. The fourth-order valence-corrected chi connectivity index (χ4v) is 8.97. The maximum absolute atomic E-state index is 6.92. The zero-order valence-corrected chi connectivity index (χ0v) is 40.5. The van der Waals surface area contributed by atoms with E-state index in [1.165, 1.54) is 39.1 Å². The molecule has 0 bridgehead atoms. The van der Waals surface area contributed by atoms with Crippen LogP contribution in [0, 0.1) is 19.1 Å². The van der Waals surface area contributed by atoms with Crippen molar-refractivity contribution in [1.82, 2.24) is 14.5 Å². The van der Waals surface area contributed by atoms with Crippen molar-refractivity contribution in [3.8, 4) is 39.5 Å². The van der Waals surface area contributed by atoms with Crippen LogP contribution in [0.25, 0.3) is 94.4 Å². The van der Waals surface area contributed by atoms with Crippen molar-refractivity contribution in [2.45, 2.75) is 72.6 Å². The van der Waals surface area contributed by atoms with Crippen LogP contribution in [0.15, 0.2) is 161 Å². The largest absolute Gasteiger partial charge is 0.500 e. The number of furan rings is 2. The van der Waals surface area contributed by atoms with Gasteiger partial charge in [-0.2, -0.15) is 0 Å². The van der Waals surface area contributed by atoms with Crippen molar-refractivity contribution in [2.75, 3.05) is 0 Å². The van der Waals surface area contributed by atoms with Crippen molar-refractivity contribution in [3.05, 3.63) is 186 Å². The maximum atomic E-state index is 6.92. The number of aromatic nitrogens is 3. The van der Waals surface area contributed by atoms with Crippen LogP contribution in [0.5, 0.6) is 0 Å². The van der Waals surface area contributed by atoms with Gasteiger partial charge in [-0.1, -0.05) is 120 Å². The number of benzene rings is 7. The van der Waals surface area contributed by atoms with E-state index in [-0.39, 0.29) is 37.4 Å². The second kappa shape index (κ2) is 17.4. The first-order valence-corrected chi connectivity index (χ1v) is 22.3. The van der Waals surface area contributed by atoms with Gasteiger partial charge in [-0.15, -0.1) is 54.1 Å². The molecule has 0 aliphatic carbocycles. The maximum Gasteiger partial charge on any atom is 0.139 e. The van der Waals surface area contributed by atoms with Gasteiger partial charge < -0.3 is 18.4 Å². The second-order valence-corrected chi connectivity index (χ2v) is 18.5. The molecule has 6 heteroatoms. The normalized spacial score (nSPS) is 11.8. The number of nitrogens with zero attached hydrogens (tertiary/aromatic N) is 3. The first kappa shape index (κ1) is 43.7. The molecule has 0 atom stereocenters. The number of aryl methyl sites for hydroxylation is 1. The van der Waals surface area contributed by atoms with Crippen LogP contribution in [0.4, 0.5) is 0 Å². The van der Waals surface area contributed by atoms with Gasteiger partial charge in [0.2, 0.25) is 0 Å². The van der Waals surface area contributed by atoms with Crippen LogP contribution in [-0.4, -0.2) is 14.5 Å². The third kappa shape index (κ3) is 8.00. The summed E-state index contributed by atoms with van der Waals surface area (Å²) in [6.45, 7) is 17.9. The molecule has 65 heavy (non-hydrogen) atoms. The van der Waals surface area contributed by atoms with Crippen LogP contribution < -0.4 is 0 Å². The first-order chi connectivity index (χ1) is 30.9. The standard InChI is InChI=1S/C44H35N2O2.C15H16N.Ir/c1-25(2)34-23-29(28-12-7-6-8-13-28)24-35(26(3)4)41(34)46-37-22-27(5)18-20-36(37)45-44(46)33-16-11-15-30-31-19-21-39-40(43(31)48-42(30)33)32-14-9-10-17-38(32)47-39;1-15(2,3)13-9-10-16-14(11-13)12-7-5-4-6-8-12;/h6-15,17-26H,1-5H3;4-7,9-11H,1-3H3;/q2*-1;. The summed E-state index contributed by atoms with van der Waals surface area (Å²) in [4.78, 5) is 9.75. The third-order valence-electron chi connectivity index (χ3n) is 12.3. The summed E-state index contributed by atoms with van der Waals surface area (Å²) >= 11 is 0. The molecule has 0 aliphatic heterocycles. The van der Waals surface area contributed by atoms with Gasteiger partial charge in [-0.25, -0.2) is 0 Å². The van der Waals surface area contributed by atoms with Crippen LogP contribution in [-0.2, 0) is 25.5 Å². The molecule has 0 saturated carbocycles. The Balaban J connectivity index is 0.000000266. The molecule has 0 N–H and O–H groups in total. The Morgan fingerprint density at radius 2 is 1.34 bits per heavy atom. The predicted molar refractivity (Wildman–Crippen MR) is 265 cm³/mol. The van der Waals surface area contributed by atoms with E-state index in [0.29, 0.717) is 0 Å². The Labute approximate surface area is 394 Å². The van der Waals surface area contributed by atoms with E-state index in [9.17, 15) is 0 Å². The molecule has 4 heterocycles. The smallest absolute Gasteiger partial charge is 0.139 e. The molecule has 5 nitrogen and oxygen atoms in total. The van der Waals surface area contributed by atoms with E-state index >= 15 is 0 Å². The molecular formula is C59H51IrN3O2-2. The number of imidazole rings is 1. The van der Waals surface area contributed by atoms with Gasteiger partial charge in [0, 0.05) is 42.8 Å². The van der Waals surface area contributed by atoms with Gasteiger partial charge in [-0.3, -0.25) is 4.98 Å². The van der Waals surface area contributed by atoms with Crippen LogP contribution in [0.1, 0.15) is 82.6 Å². The topological polar surface area (TPSA) is 57.0 Å². The zero-order valence-electron chi connectivity index (χ0n) is 38.1. The molecule has 0 spiro atoms. The Bertz CT molecular complexity index is 3470. The van der Waals surface area contributed by atoms with Crippen LogP contribution >= 0.6 is 0 Å². The summed E-state index contributed by atoms with van der Waals surface area (Å²) in [7, 11) is 0. The minimum Gasteiger partial charge on any atom is -0.500 e. The van der Waals surface area contributed by atoms with E-state index in [1.807, 2.05) is 54.7 Å². The van der Waals surface area contributed by atoms with Crippen LogP contribution in [0.2, 0.25) is 0 Å². The SMILES string of the molecule is CC(C)(C)c1ccnc(-c2[c-]cccc2)c1.Cc1ccc2nc(-c3[c-]ccc4c3oc3c4ccc4oc5ccccc5c43)n(-c3c(C(C)C)cc(-c4ccccc4)cc3C(C)C)c2c1.[Ir]. The Morgan fingerprint density at radius 3 is 2.06 bits per heavy atom. The molecule has 4 aromatic heterocycles. The molecule has 11 rings (SSSR count). The van der Waals surface area contributed by atoms with Gasteiger partial charge in [-0.05, 0) is 112 Å². The third-order valence-corrected chi connectivity index (χ3v) is 12.3. The summed E-state index contributed by atoms with van der Waals surface area (Å²) in [5.74, 6) is 1.36. The van der Waals surface area contributed by atoms with E-state index < -0.39 is 0 Å². The average Bonchev–Trinajstić information content (AvgIpc) is 4.00. The first-order valence-electron chi connectivity index (χ1n) is 22.3. The van der Waals surface area contributed by atoms with Gasteiger partial charge in [0.05, 0.1) is 27.8 Å². The summed E-state index contributed by atoms with van der Waals surface area (Å²) < 4.78 is 15.5. The molecule has 1 radical (unpaired) electrons. The van der Waals surface area contributed by atoms with Gasteiger partial charge in [0.1, 0.15) is 16.7 Å². The van der Waals surface area contributed by atoms with Crippen molar-refractivity contribution in [2.24, 2.45) is 0 Å². The Kier molecular flexibility index (Phi) is 11.7. The van der Waals surface area contributed by atoms with Crippen LogP contribution in [0.3, 0.4) is 0 Å². The van der Waals surface area contributed by atoms with Gasteiger partial charge in [0.25, 0.3) is 0 Å². The summed E-state index contributed by atoms with van der Waals surface area (Å²) in [5, 5.41) is 4.13. The number of para-hydroxylation sites is 1. The fraction of sp³-hybridized carbons (Fsp3) is 0.186. The molecule has 0 amide bonds. The molecule has 0 fully saturated rings. The van der Waals surface area contributed by atoms with Gasteiger partial charge in [0.15, 0.2) is 0 Å². The quantitative estimate of drug-likeness (QED) is 0.156. The molecular weight excluding hydrogens is 975 g/mol. The zero-order chi connectivity index (χ0) is 44.3. The number of hydrogen-bond acceptors (Lipinski definition) is 4. The molecule has 325 valence electrons. The van der Waals surface area contributed by atoms with Gasteiger partial charge >= 0.3 is 0 Å². The molecule has 0 aliphatic rings. The average molecular weight is 1030 g/mol. The predicted octanol–water partition coefficient (Wildman–Crippen LogP) is 16.4. The molecule has 0 unspecified atom stereocenters. The Hall–Kier alpha value is -6.59. The van der Waals surface area contributed by atoms with E-state index in [1.54, 1.807) is 0 Å². The molecule has 7 aromatic carbocycles. The van der Waals surface area contributed by atoms with Crippen molar-refractivity contribution in [1.29, 1.82) is 0 Å². The number of rotatable bonds is 6. The minimum absolute atomic E-state index is 0. The van der Waals surface area contributed by atoms with E-state index in [0.717, 1.165) is 77.6 Å². The summed E-state index contributed by atoms with van der Waals surface area (Å²) in [5.41, 5.74) is 17.0. The van der Waals surface area contributed by atoms with E-state index in [4.69, 9.17) is 13.8 Å². The number of fused-ring (bicyclic) bond motifs is 8. The van der Waals surface area contributed by atoms with Crippen molar-refractivity contribution in [3.63, 3.8) is 0 Å². The van der Waals surface area contributed by atoms with Crippen molar-refractivity contribution < 1.29 is 28.9 Å². The molecule has 0 saturated heterocycles. The van der Waals surface area contributed by atoms with E-state index in [2.05, 4.69) is 174 Å².